The van der Waals surface area contributed by atoms with E-state index in [-0.39, 0.29) is 11.7 Å². The molecule has 0 aliphatic rings. The summed E-state index contributed by atoms with van der Waals surface area (Å²) >= 11 is 2.25. The summed E-state index contributed by atoms with van der Waals surface area (Å²) < 4.78 is 26.8. The molecule has 0 aliphatic carbocycles. The van der Waals surface area contributed by atoms with Gasteiger partial charge in [0.15, 0.2) is 0 Å². The first kappa shape index (κ1) is 14.9. The van der Waals surface area contributed by atoms with Crippen LogP contribution in [0, 0.1) is 3.57 Å². The smallest absolute Gasteiger partial charge is 0.211 e. The molecule has 0 amide bonds. The van der Waals surface area contributed by atoms with Crippen molar-refractivity contribution in [1.29, 1.82) is 0 Å². The molecule has 17 heavy (non-hydrogen) atoms. The normalized spacial score (nSPS) is 13.6. The summed E-state index contributed by atoms with van der Waals surface area (Å²) in [6, 6.07) is 8.15. The topological polar surface area (TPSA) is 46.2 Å². The summed E-state index contributed by atoms with van der Waals surface area (Å²) in [6.07, 6.45) is 0.646. The molecule has 0 bridgehead atoms. The van der Waals surface area contributed by atoms with Gasteiger partial charge in [-0.05, 0) is 52.6 Å². The van der Waals surface area contributed by atoms with E-state index in [1.165, 1.54) is 3.57 Å². The van der Waals surface area contributed by atoms with Gasteiger partial charge in [-0.15, -0.1) is 0 Å². The zero-order chi connectivity index (χ0) is 12.9. The summed E-state index contributed by atoms with van der Waals surface area (Å²) in [7, 11) is -3.09. The van der Waals surface area contributed by atoms with Crippen molar-refractivity contribution in [2.45, 2.75) is 26.2 Å². The summed E-state index contributed by atoms with van der Waals surface area (Å²) in [4.78, 5) is 0. The lowest BCUT2D eigenvalue weighted by molar-refractivity contribution is 0.573. The van der Waals surface area contributed by atoms with Gasteiger partial charge in [0.2, 0.25) is 10.0 Å². The Kier molecular flexibility index (Phi) is 5.88. The third kappa shape index (κ3) is 5.35. The van der Waals surface area contributed by atoms with Crippen LogP contribution >= 0.6 is 22.6 Å². The van der Waals surface area contributed by atoms with Crippen molar-refractivity contribution in [3.8, 4) is 0 Å². The molecular weight excluding hydrogens is 349 g/mol. The minimum absolute atomic E-state index is 0.193. The van der Waals surface area contributed by atoms with E-state index in [1.807, 2.05) is 38.1 Å². The molecule has 3 nitrogen and oxygen atoms in total. The van der Waals surface area contributed by atoms with Gasteiger partial charge < -0.3 is 0 Å². The Morgan fingerprint density at radius 1 is 1.29 bits per heavy atom. The summed E-state index contributed by atoms with van der Waals surface area (Å²) in [6.45, 7) is 4.35. The van der Waals surface area contributed by atoms with Gasteiger partial charge in [-0.25, -0.2) is 13.1 Å². The predicted molar refractivity (Wildman–Crippen MR) is 79.7 cm³/mol. The highest BCUT2D eigenvalue weighted by molar-refractivity contribution is 14.1. The van der Waals surface area contributed by atoms with Crippen molar-refractivity contribution in [2.75, 3.05) is 12.3 Å². The number of rotatable bonds is 6. The molecule has 0 unspecified atom stereocenters. The van der Waals surface area contributed by atoms with Gasteiger partial charge in [-0.2, -0.15) is 0 Å². The minimum atomic E-state index is -3.09. The Morgan fingerprint density at radius 2 is 1.88 bits per heavy atom. The Labute approximate surface area is 117 Å². The van der Waals surface area contributed by atoms with Crippen molar-refractivity contribution in [2.24, 2.45) is 0 Å². The highest BCUT2D eigenvalue weighted by Gasteiger charge is 2.11. The first-order chi connectivity index (χ1) is 7.94. The quantitative estimate of drug-likeness (QED) is 0.786. The molecule has 1 N–H and O–H groups in total. The lowest BCUT2D eigenvalue weighted by Crippen LogP contribution is -2.29. The van der Waals surface area contributed by atoms with E-state index in [9.17, 15) is 8.42 Å². The lowest BCUT2D eigenvalue weighted by Gasteiger charge is -2.13. The second kappa shape index (κ2) is 6.70. The van der Waals surface area contributed by atoms with E-state index in [2.05, 4.69) is 27.3 Å². The summed E-state index contributed by atoms with van der Waals surface area (Å²) in [5, 5.41) is 0. The van der Waals surface area contributed by atoms with Crippen molar-refractivity contribution in [3.63, 3.8) is 0 Å². The fourth-order valence-corrected chi connectivity index (χ4v) is 3.05. The largest absolute Gasteiger partial charge is 0.215 e. The van der Waals surface area contributed by atoms with Crippen LogP contribution in [0.1, 0.15) is 31.7 Å². The Morgan fingerprint density at radius 3 is 2.41 bits per heavy atom. The third-order valence-electron chi connectivity index (χ3n) is 2.52. The van der Waals surface area contributed by atoms with Crippen LogP contribution in [-0.4, -0.2) is 20.7 Å². The third-order valence-corrected chi connectivity index (χ3v) is 4.79. The van der Waals surface area contributed by atoms with E-state index < -0.39 is 10.0 Å². The highest BCUT2D eigenvalue weighted by Crippen LogP contribution is 2.16. The Balaban J connectivity index is 2.55. The maximum Gasteiger partial charge on any atom is 0.211 e. The molecule has 0 aromatic heterocycles. The van der Waals surface area contributed by atoms with E-state index >= 15 is 0 Å². The number of halogens is 1. The van der Waals surface area contributed by atoms with Crippen molar-refractivity contribution in [3.05, 3.63) is 33.4 Å². The molecule has 0 spiro atoms. The van der Waals surface area contributed by atoms with Crippen LogP contribution in [0.2, 0.25) is 0 Å². The number of benzene rings is 1. The molecule has 1 aromatic carbocycles. The molecular formula is C12H18INO2S. The van der Waals surface area contributed by atoms with Gasteiger partial charge in [0.25, 0.3) is 0 Å². The highest BCUT2D eigenvalue weighted by atomic mass is 127. The molecule has 5 heteroatoms. The van der Waals surface area contributed by atoms with E-state index in [1.54, 1.807) is 0 Å². The Bertz CT molecular complexity index is 442. The number of sulfonamides is 1. The first-order valence-corrected chi connectivity index (χ1v) is 8.40. The van der Waals surface area contributed by atoms with Crippen LogP contribution in [0.25, 0.3) is 0 Å². The van der Waals surface area contributed by atoms with Crippen LogP contribution < -0.4 is 4.72 Å². The van der Waals surface area contributed by atoms with Crippen LogP contribution in [0.4, 0.5) is 0 Å². The second-order valence-electron chi connectivity index (χ2n) is 4.12. The second-order valence-corrected chi connectivity index (χ2v) is 7.29. The van der Waals surface area contributed by atoms with E-state index in [0.717, 1.165) is 5.56 Å². The standard InChI is InChI=1S/C12H18INO2S/c1-3-8-17(15,16)14-9-10(2)11-4-6-12(13)7-5-11/h4-7,10,14H,3,8-9H2,1-2H3/t10-/m1/s1. The molecule has 0 radical (unpaired) electrons. The maximum absolute atomic E-state index is 11.5. The van der Waals surface area contributed by atoms with Gasteiger partial charge in [-0.1, -0.05) is 26.0 Å². The molecule has 1 aromatic rings. The average molecular weight is 367 g/mol. The van der Waals surface area contributed by atoms with E-state index in [0.29, 0.717) is 13.0 Å². The number of hydrogen-bond donors (Lipinski definition) is 1. The van der Waals surface area contributed by atoms with Gasteiger partial charge in [-0.3, -0.25) is 0 Å². The SMILES string of the molecule is CCCS(=O)(=O)NC[C@@H](C)c1ccc(I)cc1. The average Bonchev–Trinajstić information content (AvgIpc) is 2.27. The Hall–Kier alpha value is -0.140. The zero-order valence-corrected chi connectivity index (χ0v) is 13.1. The van der Waals surface area contributed by atoms with E-state index in [4.69, 9.17) is 0 Å². The fourth-order valence-electron chi connectivity index (χ4n) is 1.50. The van der Waals surface area contributed by atoms with Crippen molar-refractivity contribution in [1.82, 2.24) is 4.72 Å². The lowest BCUT2D eigenvalue weighted by atomic mass is 10.0. The molecule has 0 fully saturated rings. The fraction of sp³-hybridized carbons (Fsp3) is 0.500. The first-order valence-electron chi connectivity index (χ1n) is 5.67. The molecule has 96 valence electrons. The molecule has 0 saturated heterocycles. The summed E-state index contributed by atoms with van der Waals surface area (Å²) in [5.74, 6) is 0.394. The molecule has 1 atom stereocenters. The summed E-state index contributed by atoms with van der Waals surface area (Å²) in [5.41, 5.74) is 1.16. The molecule has 0 saturated carbocycles. The maximum atomic E-state index is 11.5. The van der Waals surface area contributed by atoms with Gasteiger partial charge in [0.05, 0.1) is 5.75 Å². The van der Waals surface area contributed by atoms with Gasteiger partial charge >= 0.3 is 0 Å². The number of nitrogens with one attached hydrogen (secondary N) is 1. The van der Waals surface area contributed by atoms with Crippen molar-refractivity contribution >= 4 is 32.6 Å². The van der Waals surface area contributed by atoms with Crippen LogP contribution in [-0.2, 0) is 10.0 Å². The van der Waals surface area contributed by atoms with Gasteiger partial charge in [0.1, 0.15) is 0 Å². The van der Waals surface area contributed by atoms with Crippen LogP contribution in [0.3, 0.4) is 0 Å². The molecule has 1 rings (SSSR count). The monoisotopic (exact) mass is 367 g/mol. The van der Waals surface area contributed by atoms with Gasteiger partial charge in [0, 0.05) is 10.1 Å². The zero-order valence-electron chi connectivity index (χ0n) is 10.1. The van der Waals surface area contributed by atoms with Crippen LogP contribution in [0.15, 0.2) is 24.3 Å². The molecule has 0 aliphatic heterocycles. The number of hydrogen-bond acceptors (Lipinski definition) is 2. The predicted octanol–water partition coefficient (Wildman–Crippen LogP) is 2.72. The minimum Gasteiger partial charge on any atom is -0.215 e. The van der Waals surface area contributed by atoms with Crippen LogP contribution in [0.5, 0.6) is 0 Å². The molecule has 0 heterocycles. The van der Waals surface area contributed by atoms with Crippen molar-refractivity contribution < 1.29 is 8.42 Å².